The van der Waals surface area contributed by atoms with Gasteiger partial charge in [0, 0.05) is 35.1 Å². The summed E-state index contributed by atoms with van der Waals surface area (Å²) in [5.74, 6) is 0.121. The monoisotopic (exact) mass is 333 g/mol. The number of hydrogen-bond donors (Lipinski definition) is 2. The van der Waals surface area contributed by atoms with Crippen molar-refractivity contribution in [2.45, 2.75) is 25.3 Å². The van der Waals surface area contributed by atoms with Crippen molar-refractivity contribution >= 4 is 38.4 Å². The van der Waals surface area contributed by atoms with Gasteiger partial charge < -0.3 is 10.6 Å². The standard InChI is InChI=1S/C15H16BrN3O/c16-11-7-10-3-1-5-13(15(10)18-9-11)19-12-4-2-6-17-14(20)8-12/h1,3,5,7,9,12,19H,2,4,6,8H2,(H,17,20). The summed E-state index contributed by atoms with van der Waals surface area (Å²) in [6.07, 6.45) is 4.32. The Morgan fingerprint density at radius 2 is 2.30 bits per heavy atom. The van der Waals surface area contributed by atoms with Crippen molar-refractivity contribution in [1.82, 2.24) is 10.3 Å². The van der Waals surface area contributed by atoms with Gasteiger partial charge in [0.15, 0.2) is 0 Å². The van der Waals surface area contributed by atoms with Crippen molar-refractivity contribution in [3.05, 3.63) is 34.9 Å². The number of para-hydroxylation sites is 1. The maximum absolute atomic E-state index is 11.6. The summed E-state index contributed by atoms with van der Waals surface area (Å²) in [5, 5.41) is 7.46. The highest BCUT2D eigenvalue weighted by Gasteiger charge is 2.17. The van der Waals surface area contributed by atoms with Gasteiger partial charge in [-0.25, -0.2) is 0 Å². The number of benzene rings is 1. The number of carbonyl (C=O) groups is 1. The average molecular weight is 334 g/mol. The van der Waals surface area contributed by atoms with Crippen LogP contribution in [0.15, 0.2) is 34.9 Å². The van der Waals surface area contributed by atoms with E-state index >= 15 is 0 Å². The minimum atomic E-state index is 0.121. The van der Waals surface area contributed by atoms with Crippen LogP contribution in [0.3, 0.4) is 0 Å². The maximum Gasteiger partial charge on any atom is 0.222 e. The molecule has 1 saturated heterocycles. The molecule has 1 atom stereocenters. The predicted octanol–water partition coefficient (Wildman–Crippen LogP) is 3.08. The van der Waals surface area contributed by atoms with Crippen LogP contribution in [0.2, 0.25) is 0 Å². The van der Waals surface area contributed by atoms with Gasteiger partial charge in [0.2, 0.25) is 5.91 Å². The molecule has 2 N–H and O–H groups in total. The molecule has 1 unspecified atom stereocenters. The molecular formula is C15H16BrN3O. The van der Waals surface area contributed by atoms with Crippen LogP contribution in [0.5, 0.6) is 0 Å². The molecule has 1 amide bonds. The Labute approximate surface area is 126 Å². The normalized spacial score (nSPS) is 19.4. The Kier molecular flexibility index (Phi) is 3.87. The summed E-state index contributed by atoms with van der Waals surface area (Å²) in [7, 11) is 0. The highest BCUT2D eigenvalue weighted by atomic mass is 79.9. The second kappa shape index (κ2) is 5.79. The Hall–Kier alpha value is -1.62. The van der Waals surface area contributed by atoms with E-state index in [0.29, 0.717) is 6.42 Å². The topological polar surface area (TPSA) is 54.0 Å². The predicted molar refractivity (Wildman–Crippen MR) is 83.7 cm³/mol. The van der Waals surface area contributed by atoms with Crippen LogP contribution in [0.25, 0.3) is 10.9 Å². The molecule has 1 aliphatic rings. The van der Waals surface area contributed by atoms with Gasteiger partial charge in [-0.15, -0.1) is 0 Å². The third kappa shape index (κ3) is 2.93. The van der Waals surface area contributed by atoms with E-state index in [9.17, 15) is 4.79 Å². The summed E-state index contributed by atoms with van der Waals surface area (Å²) in [5.41, 5.74) is 1.94. The molecule has 0 aliphatic carbocycles. The number of fused-ring (bicyclic) bond motifs is 1. The molecule has 0 saturated carbocycles. The van der Waals surface area contributed by atoms with Gasteiger partial charge >= 0.3 is 0 Å². The summed E-state index contributed by atoms with van der Waals surface area (Å²) in [4.78, 5) is 16.1. The first kappa shape index (κ1) is 13.4. The first-order chi connectivity index (χ1) is 9.72. The van der Waals surface area contributed by atoms with Crippen molar-refractivity contribution in [2.75, 3.05) is 11.9 Å². The molecule has 1 aliphatic heterocycles. The third-order valence-electron chi connectivity index (χ3n) is 3.52. The zero-order chi connectivity index (χ0) is 13.9. The third-order valence-corrected chi connectivity index (χ3v) is 3.95. The molecule has 4 nitrogen and oxygen atoms in total. The van der Waals surface area contributed by atoms with Gasteiger partial charge in [0.25, 0.3) is 0 Å². The van der Waals surface area contributed by atoms with E-state index in [1.807, 2.05) is 24.3 Å². The number of anilines is 1. The van der Waals surface area contributed by atoms with Crippen molar-refractivity contribution in [3.63, 3.8) is 0 Å². The van der Waals surface area contributed by atoms with Crippen molar-refractivity contribution in [1.29, 1.82) is 0 Å². The smallest absolute Gasteiger partial charge is 0.222 e. The maximum atomic E-state index is 11.6. The summed E-state index contributed by atoms with van der Waals surface area (Å²) in [6, 6.07) is 8.29. The van der Waals surface area contributed by atoms with Crippen molar-refractivity contribution in [3.8, 4) is 0 Å². The molecular weight excluding hydrogens is 318 g/mol. The second-order valence-electron chi connectivity index (χ2n) is 5.07. The van der Waals surface area contributed by atoms with E-state index in [1.165, 1.54) is 0 Å². The van der Waals surface area contributed by atoms with Crippen LogP contribution >= 0.6 is 15.9 Å². The van der Waals surface area contributed by atoms with Gasteiger partial charge in [0.1, 0.15) is 0 Å². The fraction of sp³-hybridized carbons (Fsp3) is 0.333. The molecule has 104 valence electrons. The van der Waals surface area contributed by atoms with E-state index in [4.69, 9.17) is 0 Å². The highest BCUT2D eigenvalue weighted by molar-refractivity contribution is 9.10. The zero-order valence-electron chi connectivity index (χ0n) is 11.0. The van der Waals surface area contributed by atoms with Crippen LogP contribution in [0, 0.1) is 0 Å². The van der Waals surface area contributed by atoms with Crippen LogP contribution < -0.4 is 10.6 Å². The highest BCUT2D eigenvalue weighted by Crippen LogP contribution is 2.25. The lowest BCUT2D eigenvalue weighted by atomic mass is 10.1. The van der Waals surface area contributed by atoms with Gasteiger partial charge in [-0.2, -0.15) is 0 Å². The first-order valence-electron chi connectivity index (χ1n) is 6.80. The van der Waals surface area contributed by atoms with Gasteiger partial charge in [-0.3, -0.25) is 9.78 Å². The summed E-state index contributed by atoms with van der Waals surface area (Å²) >= 11 is 3.44. The van der Waals surface area contributed by atoms with Crippen LogP contribution in [0.1, 0.15) is 19.3 Å². The number of rotatable bonds is 2. The van der Waals surface area contributed by atoms with E-state index in [0.717, 1.165) is 40.4 Å². The lowest BCUT2D eigenvalue weighted by Crippen LogP contribution is -2.26. The van der Waals surface area contributed by atoms with E-state index in [-0.39, 0.29) is 11.9 Å². The lowest BCUT2D eigenvalue weighted by molar-refractivity contribution is -0.120. The fourth-order valence-electron chi connectivity index (χ4n) is 2.57. The molecule has 2 heterocycles. The molecule has 1 fully saturated rings. The molecule has 2 aromatic rings. The van der Waals surface area contributed by atoms with E-state index in [1.54, 1.807) is 6.20 Å². The van der Waals surface area contributed by atoms with Gasteiger partial charge in [-0.05, 0) is 40.9 Å². The first-order valence-corrected chi connectivity index (χ1v) is 7.59. The van der Waals surface area contributed by atoms with Crippen LogP contribution in [-0.2, 0) is 4.79 Å². The summed E-state index contributed by atoms with van der Waals surface area (Å²) in [6.45, 7) is 0.776. The lowest BCUT2D eigenvalue weighted by Gasteiger charge is -2.17. The Morgan fingerprint density at radius 1 is 1.40 bits per heavy atom. The largest absolute Gasteiger partial charge is 0.380 e. The molecule has 20 heavy (non-hydrogen) atoms. The van der Waals surface area contributed by atoms with E-state index < -0.39 is 0 Å². The molecule has 5 heteroatoms. The van der Waals surface area contributed by atoms with Crippen LogP contribution in [0.4, 0.5) is 5.69 Å². The number of nitrogens with zero attached hydrogens (tertiary/aromatic N) is 1. The molecule has 1 aromatic heterocycles. The van der Waals surface area contributed by atoms with Gasteiger partial charge in [-0.1, -0.05) is 12.1 Å². The van der Waals surface area contributed by atoms with Crippen molar-refractivity contribution in [2.24, 2.45) is 0 Å². The minimum absolute atomic E-state index is 0.121. The van der Waals surface area contributed by atoms with Crippen molar-refractivity contribution < 1.29 is 4.79 Å². The number of nitrogens with one attached hydrogen (secondary N) is 2. The number of hydrogen-bond acceptors (Lipinski definition) is 3. The van der Waals surface area contributed by atoms with E-state index in [2.05, 4.69) is 31.5 Å². The molecule has 3 rings (SSSR count). The molecule has 1 aromatic carbocycles. The minimum Gasteiger partial charge on any atom is -0.380 e. The van der Waals surface area contributed by atoms with Gasteiger partial charge in [0.05, 0.1) is 11.2 Å². The second-order valence-corrected chi connectivity index (χ2v) is 5.98. The SMILES string of the molecule is O=C1CC(Nc2cccc3cc(Br)cnc23)CCCN1. The Morgan fingerprint density at radius 3 is 3.20 bits per heavy atom. The van der Waals surface area contributed by atoms with Crippen LogP contribution in [-0.4, -0.2) is 23.5 Å². The molecule has 0 spiro atoms. The Balaban J connectivity index is 1.88. The number of pyridine rings is 1. The average Bonchev–Trinajstić information content (AvgIpc) is 2.63. The summed E-state index contributed by atoms with van der Waals surface area (Å²) < 4.78 is 0.969. The number of carbonyl (C=O) groups excluding carboxylic acids is 1. The quantitative estimate of drug-likeness (QED) is 0.887. The molecule has 0 radical (unpaired) electrons. The Bertz CT molecular complexity index is 644. The number of amides is 1. The number of halogens is 1. The fourth-order valence-corrected chi connectivity index (χ4v) is 2.92. The number of aromatic nitrogens is 1. The molecule has 0 bridgehead atoms. The zero-order valence-corrected chi connectivity index (χ0v) is 12.6.